The molecule has 0 aliphatic rings. The Kier molecular flexibility index (Phi) is 5.76. The van der Waals surface area contributed by atoms with Gasteiger partial charge in [-0.15, -0.1) is 11.8 Å². The van der Waals surface area contributed by atoms with Gasteiger partial charge in [0.25, 0.3) is 0 Å². The number of methoxy groups -OCH3 is 1. The molecule has 23 heavy (non-hydrogen) atoms. The van der Waals surface area contributed by atoms with E-state index in [2.05, 4.69) is 4.74 Å². The highest BCUT2D eigenvalue weighted by Gasteiger charge is 2.17. The van der Waals surface area contributed by atoms with Crippen molar-refractivity contribution in [2.75, 3.05) is 7.11 Å². The molecule has 2 aromatic rings. The molecule has 0 fully saturated rings. The molecule has 0 aromatic heterocycles. The van der Waals surface area contributed by atoms with Gasteiger partial charge in [-0.25, -0.2) is 13.6 Å². The smallest absolute Gasteiger partial charge is 0.341 e. The minimum Gasteiger partial charge on any atom is -0.515 e. The van der Waals surface area contributed by atoms with Crippen molar-refractivity contribution in [3.63, 3.8) is 0 Å². The molecular weight excluding hydrogens is 322 g/mol. The zero-order valence-corrected chi connectivity index (χ0v) is 13.1. The molecule has 120 valence electrons. The van der Waals surface area contributed by atoms with Crippen molar-refractivity contribution in [2.24, 2.45) is 0 Å². The fraction of sp³-hybridized carbons (Fsp3) is 0.118. The molecule has 1 N–H and O–H groups in total. The number of benzene rings is 2. The molecule has 0 atom stereocenters. The SMILES string of the molecule is COC(=O)/C(=C/O)c1ccccc1SCc1cc(F)ccc1F. The van der Waals surface area contributed by atoms with Crippen LogP contribution in [0.4, 0.5) is 8.78 Å². The fourth-order valence-electron chi connectivity index (χ4n) is 1.97. The Morgan fingerprint density at radius 1 is 1.26 bits per heavy atom. The first-order valence-corrected chi connectivity index (χ1v) is 7.64. The second-order valence-electron chi connectivity index (χ2n) is 4.55. The maximum Gasteiger partial charge on any atom is 0.341 e. The van der Waals surface area contributed by atoms with Crippen molar-refractivity contribution in [1.29, 1.82) is 0 Å². The maximum absolute atomic E-state index is 13.7. The minimum atomic E-state index is -0.683. The lowest BCUT2D eigenvalue weighted by molar-refractivity contribution is -0.133. The summed E-state index contributed by atoms with van der Waals surface area (Å²) in [6.07, 6.45) is 0.675. The van der Waals surface area contributed by atoms with Crippen molar-refractivity contribution in [2.45, 2.75) is 10.6 Å². The Morgan fingerprint density at radius 3 is 2.70 bits per heavy atom. The number of esters is 1. The molecule has 0 radical (unpaired) electrons. The van der Waals surface area contributed by atoms with Crippen LogP contribution in [0.15, 0.2) is 53.6 Å². The predicted molar refractivity (Wildman–Crippen MR) is 85.0 cm³/mol. The summed E-state index contributed by atoms with van der Waals surface area (Å²) >= 11 is 1.23. The molecule has 2 aromatic carbocycles. The number of carbonyl (C=O) groups excluding carboxylic acids is 1. The second-order valence-corrected chi connectivity index (χ2v) is 5.57. The van der Waals surface area contributed by atoms with E-state index in [9.17, 15) is 18.7 Å². The lowest BCUT2D eigenvalue weighted by Crippen LogP contribution is -2.05. The topological polar surface area (TPSA) is 46.5 Å². The van der Waals surface area contributed by atoms with E-state index < -0.39 is 17.6 Å². The molecule has 0 saturated heterocycles. The number of aliphatic hydroxyl groups excluding tert-OH is 1. The third-order valence-electron chi connectivity index (χ3n) is 3.10. The zero-order valence-electron chi connectivity index (χ0n) is 12.3. The Bertz CT molecular complexity index is 744. The number of thioether (sulfide) groups is 1. The van der Waals surface area contributed by atoms with Gasteiger partial charge in [0.05, 0.1) is 13.4 Å². The molecule has 0 amide bonds. The average molecular weight is 336 g/mol. The van der Waals surface area contributed by atoms with Gasteiger partial charge in [0.2, 0.25) is 0 Å². The number of carbonyl (C=O) groups is 1. The van der Waals surface area contributed by atoms with Gasteiger partial charge in [-0.2, -0.15) is 0 Å². The zero-order chi connectivity index (χ0) is 16.8. The van der Waals surface area contributed by atoms with Crippen LogP contribution < -0.4 is 0 Å². The van der Waals surface area contributed by atoms with Gasteiger partial charge >= 0.3 is 5.97 Å². The molecule has 0 unspecified atom stereocenters. The third kappa shape index (κ3) is 4.10. The molecule has 6 heteroatoms. The Labute approximate surface area is 136 Å². The summed E-state index contributed by atoms with van der Waals surface area (Å²) in [5, 5.41) is 9.29. The molecular formula is C17H14F2O3S. The highest BCUT2D eigenvalue weighted by molar-refractivity contribution is 7.98. The number of hydrogen-bond acceptors (Lipinski definition) is 4. The predicted octanol–water partition coefficient (Wildman–Crippen LogP) is 4.33. The van der Waals surface area contributed by atoms with Crippen LogP contribution in [0.5, 0.6) is 0 Å². The Morgan fingerprint density at radius 2 is 2.00 bits per heavy atom. The summed E-state index contributed by atoms with van der Waals surface area (Å²) in [6, 6.07) is 10.1. The van der Waals surface area contributed by atoms with Crippen LogP contribution in [0, 0.1) is 11.6 Å². The van der Waals surface area contributed by atoms with E-state index >= 15 is 0 Å². The molecule has 0 heterocycles. The fourth-order valence-corrected chi connectivity index (χ4v) is 3.01. The van der Waals surface area contributed by atoms with Gasteiger partial charge in [0.1, 0.15) is 17.2 Å². The van der Waals surface area contributed by atoms with Gasteiger partial charge in [-0.1, -0.05) is 18.2 Å². The summed E-state index contributed by atoms with van der Waals surface area (Å²) in [5.74, 6) is -1.51. The van der Waals surface area contributed by atoms with Crippen LogP contribution in [0.2, 0.25) is 0 Å². The normalized spacial score (nSPS) is 11.3. The van der Waals surface area contributed by atoms with Crippen LogP contribution in [-0.2, 0) is 15.3 Å². The van der Waals surface area contributed by atoms with E-state index in [-0.39, 0.29) is 16.9 Å². The monoisotopic (exact) mass is 336 g/mol. The summed E-state index contributed by atoms with van der Waals surface area (Å²) in [7, 11) is 1.21. The number of halogens is 2. The lowest BCUT2D eigenvalue weighted by atomic mass is 10.1. The highest BCUT2D eigenvalue weighted by Crippen LogP contribution is 2.31. The van der Waals surface area contributed by atoms with Crippen molar-refractivity contribution < 1.29 is 23.4 Å². The van der Waals surface area contributed by atoms with Crippen molar-refractivity contribution >= 4 is 23.3 Å². The molecule has 3 nitrogen and oxygen atoms in total. The Hall–Kier alpha value is -2.34. The van der Waals surface area contributed by atoms with Crippen molar-refractivity contribution in [1.82, 2.24) is 0 Å². The van der Waals surface area contributed by atoms with E-state index in [4.69, 9.17) is 0 Å². The van der Waals surface area contributed by atoms with E-state index in [1.165, 1.54) is 18.9 Å². The van der Waals surface area contributed by atoms with Crippen LogP contribution in [0.25, 0.3) is 5.57 Å². The van der Waals surface area contributed by atoms with Crippen molar-refractivity contribution in [3.8, 4) is 0 Å². The molecule has 0 bridgehead atoms. The number of hydrogen-bond donors (Lipinski definition) is 1. The first-order valence-electron chi connectivity index (χ1n) is 6.65. The second kappa shape index (κ2) is 7.78. The average Bonchev–Trinajstić information content (AvgIpc) is 2.57. The Balaban J connectivity index is 2.27. The first-order chi connectivity index (χ1) is 11.1. The summed E-state index contributed by atoms with van der Waals surface area (Å²) in [5.41, 5.74) is 0.677. The van der Waals surface area contributed by atoms with Crippen LogP contribution in [0.1, 0.15) is 11.1 Å². The summed E-state index contributed by atoms with van der Waals surface area (Å²) in [4.78, 5) is 12.3. The minimum absolute atomic E-state index is 0.00434. The van der Waals surface area contributed by atoms with Gasteiger partial charge < -0.3 is 9.84 Å². The quantitative estimate of drug-likeness (QED) is 0.382. The van der Waals surface area contributed by atoms with Gasteiger partial charge in [-0.3, -0.25) is 0 Å². The number of rotatable bonds is 5. The van der Waals surface area contributed by atoms with E-state index in [1.54, 1.807) is 24.3 Å². The van der Waals surface area contributed by atoms with Crippen molar-refractivity contribution in [3.05, 3.63) is 71.5 Å². The standard InChI is InChI=1S/C17H14F2O3S/c1-22-17(21)14(9-20)13-4-2-3-5-16(13)23-10-11-8-12(18)6-7-15(11)19/h2-9,20H,10H2,1H3/b14-9+. The molecule has 0 spiro atoms. The van der Waals surface area contributed by atoms with E-state index in [1.807, 2.05) is 0 Å². The molecule has 2 rings (SSSR count). The largest absolute Gasteiger partial charge is 0.515 e. The van der Waals surface area contributed by atoms with Gasteiger partial charge in [0.15, 0.2) is 0 Å². The highest BCUT2D eigenvalue weighted by atomic mass is 32.2. The summed E-state index contributed by atoms with van der Waals surface area (Å²) < 4.78 is 31.5. The number of ether oxygens (including phenoxy) is 1. The van der Waals surface area contributed by atoms with Crippen LogP contribution in [-0.4, -0.2) is 18.2 Å². The third-order valence-corrected chi connectivity index (χ3v) is 4.22. The number of aliphatic hydroxyl groups is 1. The van der Waals surface area contributed by atoms with Gasteiger partial charge in [0, 0.05) is 21.8 Å². The first kappa shape index (κ1) is 17.0. The van der Waals surface area contributed by atoms with Gasteiger partial charge in [-0.05, 0) is 24.3 Å². The molecule has 0 aliphatic carbocycles. The van der Waals surface area contributed by atoms with Crippen LogP contribution >= 0.6 is 11.8 Å². The van der Waals surface area contributed by atoms with Crippen LogP contribution in [0.3, 0.4) is 0 Å². The van der Waals surface area contributed by atoms with E-state index in [0.717, 1.165) is 18.2 Å². The molecule has 0 aliphatic heterocycles. The van der Waals surface area contributed by atoms with E-state index in [0.29, 0.717) is 16.7 Å². The lowest BCUT2D eigenvalue weighted by Gasteiger charge is -2.11. The summed E-state index contributed by atoms with van der Waals surface area (Å²) in [6.45, 7) is 0. The maximum atomic E-state index is 13.7. The molecule has 0 saturated carbocycles.